The van der Waals surface area contributed by atoms with Crippen molar-refractivity contribution in [1.29, 1.82) is 0 Å². The lowest BCUT2D eigenvalue weighted by Crippen LogP contribution is -2.48. The SMILES string of the molecule is NC(=O)CC1=CNC(CC=O)(Cc2ccccc2)C1=O. The van der Waals surface area contributed by atoms with Crippen molar-refractivity contribution in [2.45, 2.75) is 24.8 Å². The van der Waals surface area contributed by atoms with E-state index in [0.717, 1.165) is 11.8 Å². The minimum Gasteiger partial charge on any atom is -0.378 e. The van der Waals surface area contributed by atoms with Crippen molar-refractivity contribution >= 4 is 18.0 Å². The first-order valence-electron chi connectivity index (χ1n) is 6.35. The van der Waals surface area contributed by atoms with Gasteiger partial charge in [-0.3, -0.25) is 9.59 Å². The standard InChI is InChI=1S/C15H16N2O3/c16-13(19)8-12-10-17-15(6-7-18,14(12)20)9-11-4-2-1-3-5-11/h1-5,7,10,17H,6,8-9H2,(H2,16,19). The Morgan fingerprint density at radius 2 is 2.00 bits per heavy atom. The predicted molar refractivity (Wildman–Crippen MR) is 73.6 cm³/mol. The van der Waals surface area contributed by atoms with E-state index in [4.69, 9.17) is 5.73 Å². The summed E-state index contributed by atoms with van der Waals surface area (Å²) < 4.78 is 0. The van der Waals surface area contributed by atoms with Crippen LogP contribution in [0.15, 0.2) is 42.1 Å². The van der Waals surface area contributed by atoms with Gasteiger partial charge in [-0.2, -0.15) is 0 Å². The van der Waals surface area contributed by atoms with Crippen molar-refractivity contribution in [3.63, 3.8) is 0 Å². The molecule has 5 nitrogen and oxygen atoms in total. The summed E-state index contributed by atoms with van der Waals surface area (Å²) >= 11 is 0. The highest BCUT2D eigenvalue weighted by Crippen LogP contribution is 2.27. The fourth-order valence-electron chi connectivity index (χ4n) is 2.42. The first kappa shape index (κ1) is 14.0. The van der Waals surface area contributed by atoms with Gasteiger partial charge in [-0.1, -0.05) is 30.3 Å². The fraction of sp³-hybridized carbons (Fsp3) is 0.267. The smallest absolute Gasteiger partial charge is 0.222 e. The summed E-state index contributed by atoms with van der Waals surface area (Å²) in [5.74, 6) is -0.791. The maximum atomic E-state index is 12.5. The molecule has 20 heavy (non-hydrogen) atoms. The third-order valence-electron chi connectivity index (χ3n) is 3.39. The molecule has 0 radical (unpaired) electrons. The molecule has 0 spiro atoms. The van der Waals surface area contributed by atoms with Gasteiger partial charge < -0.3 is 15.8 Å². The maximum Gasteiger partial charge on any atom is 0.222 e. The van der Waals surface area contributed by atoms with E-state index in [9.17, 15) is 14.4 Å². The molecule has 0 fully saturated rings. The second-order valence-corrected chi connectivity index (χ2v) is 4.90. The number of rotatable bonds is 6. The quantitative estimate of drug-likeness (QED) is 0.737. The Morgan fingerprint density at radius 1 is 1.30 bits per heavy atom. The number of aldehydes is 1. The van der Waals surface area contributed by atoms with Gasteiger partial charge in [0.2, 0.25) is 5.91 Å². The number of carbonyl (C=O) groups excluding carboxylic acids is 3. The Balaban J connectivity index is 2.22. The third-order valence-corrected chi connectivity index (χ3v) is 3.39. The number of benzene rings is 1. The van der Waals surface area contributed by atoms with Crippen LogP contribution < -0.4 is 11.1 Å². The zero-order valence-electron chi connectivity index (χ0n) is 11.0. The Hall–Kier alpha value is -2.43. The van der Waals surface area contributed by atoms with Gasteiger partial charge in [-0.25, -0.2) is 0 Å². The molecule has 1 aliphatic rings. The van der Waals surface area contributed by atoms with Crippen LogP contribution >= 0.6 is 0 Å². The second kappa shape index (κ2) is 5.69. The monoisotopic (exact) mass is 272 g/mol. The van der Waals surface area contributed by atoms with Crippen molar-refractivity contribution in [3.8, 4) is 0 Å². The van der Waals surface area contributed by atoms with E-state index in [0.29, 0.717) is 12.0 Å². The van der Waals surface area contributed by atoms with Gasteiger partial charge in [0.15, 0.2) is 5.78 Å². The molecule has 3 N–H and O–H groups in total. The molecule has 1 atom stereocenters. The first-order chi connectivity index (χ1) is 9.57. The highest BCUT2D eigenvalue weighted by atomic mass is 16.1. The molecule has 0 aromatic heterocycles. The lowest BCUT2D eigenvalue weighted by atomic mass is 9.83. The predicted octanol–water partition coefficient (Wildman–Crippen LogP) is 0.488. The number of carbonyl (C=O) groups is 3. The van der Waals surface area contributed by atoms with E-state index >= 15 is 0 Å². The van der Waals surface area contributed by atoms with Crippen LogP contribution in [0.3, 0.4) is 0 Å². The van der Waals surface area contributed by atoms with Crippen LogP contribution in [0.2, 0.25) is 0 Å². The topological polar surface area (TPSA) is 89.3 Å². The fourth-order valence-corrected chi connectivity index (χ4v) is 2.42. The Morgan fingerprint density at radius 3 is 2.60 bits per heavy atom. The van der Waals surface area contributed by atoms with Crippen LogP contribution in [0.25, 0.3) is 0 Å². The van der Waals surface area contributed by atoms with Crippen molar-refractivity contribution in [2.24, 2.45) is 5.73 Å². The van der Waals surface area contributed by atoms with Gasteiger partial charge in [0.1, 0.15) is 11.8 Å². The van der Waals surface area contributed by atoms with Crippen LogP contribution in [0.1, 0.15) is 18.4 Å². The van der Waals surface area contributed by atoms with Gasteiger partial charge in [0, 0.05) is 24.6 Å². The second-order valence-electron chi connectivity index (χ2n) is 4.90. The Kier molecular flexibility index (Phi) is 3.98. The molecule has 1 aromatic rings. The van der Waals surface area contributed by atoms with Crippen LogP contribution in [0.4, 0.5) is 0 Å². The molecule has 1 heterocycles. The average molecular weight is 272 g/mol. The molecule has 0 aliphatic carbocycles. The molecular weight excluding hydrogens is 256 g/mol. The zero-order valence-corrected chi connectivity index (χ0v) is 11.0. The first-order valence-corrected chi connectivity index (χ1v) is 6.35. The summed E-state index contributed by atoms with van der Waals surface area (Å²) in [5, 5.41) is 2.97. The molecule has 1 aliphatic heterocycles. The number of hydrogen-bond donors (Lipinski definition) is 2. The lowest BCUT2D eigenvalue weighted by Gasteiger charge is -2.27. The molecule has 1 aromatic carbocycles. The van der Waals surface area contributed by atoms with Crippen LogP contribution in [-0.4, -0.2) is 23.5 Å². The minimum absolute atomic E-state index is 0.0550. The highest BCUT2D eigenvalue weighted by Gasteiger charge is 2.43. The molecule has 1 unspecified atom stereocenters. The van der Waals surface area contributed by atoms with E-state index in [1.165, 1.54) is 6.20 Å². The van der Waals surface area contributed by atoms with E-state index in [2.05, 4.69) is 5.32 Å². The average Bonchev–Trinajstić information content (AvgIpc) is 2.69. The van der Waals surface area contributed by atoms with Gasteiger partial charge in [0.05, 0.1) is 6.42 Å². The van der Waals surface area contributed by atoms with Crippen LogP contribution in [-0.2, 0) is 20.8 Å². The van der Waals surface area contributed by atoms with Crippen molar-refractivity contribution in [2.75, 3.05) is 0 Å². The van der Waals surface area contributed by atoms with Gasteiger partial charge in [-0.15, -0.1) is 0 Å². The summed E-state index contributed by atoms with van der Waals surface area (Å²) in [5.41, 5.74) is 5.41. The summed E-state index contributed by atoms with van der Waals surface area (Å²) in [6.07, 6.45) is 2.55. The van der Waals surface area contributed by atoms with Gasteiger partial charge in [-0.05, 0) is 5.56 Å². The van der Waals surface area contributed by atoms with Crippen LogP contribution in [0.5, 0.6) is 0 Å². The molecule has 104 valence electrons. The maximum absolute atomic E-state index is 12.5. The lowest BCUT2D eigenvalue weighted by molar-refractivity contribution is -0.124. The van der Waals surface area contributed by atoms with Crippen molar-refractivity contribution < 1.29 is 14.4 Å². The van der Waals surface area contributed by atoms with Crippen molar-refractivity contribution in [1.82, 2.24) is 5.32 Å². The molecule has 0 saturated carbocycles. The zero-order chi connectivity index (χ0) is 14.6. The minimum atomic E-state index is -0.992. The van der Waals surface area contributed by atoms with Crippen molar-refractivity contribution in [3.05, 3.63) is 47.7 Å². The Bertz CT molecular complexity index is 566. The summed E-state index contributed by atoms with van der Waals surface area (Å²) in [4.78, 5) is 34.3. The highest BCUT2D eigenvalue weighted by molar-refractivity contribution is 6.08. The number of hydrogen-bond acceptors (Lipinski definition) is 4. The van der Waals surface area contributed by atoms with Gasteiger partial charge in [0.25, 0.3) is 0 Å². The Labute approximate surface area is 116 Å². The molecule has 5 heteroatoms. The largest absolute Gasteiger partial charge is 0.378 e. The molecule has 0 bridgehead atoms. The molecule has 1 amide bonds. The number of nitrogens with one attached hydrogen (secondary N) is 1. The van der Waals surface area contributed by atoms with E-state index in [-0.39, 0.29) is 18.6 Å². The molecule has 0 saturated heterocycles. The number of amides is 1. The van der Waals surface area contributed by atoms with E-state index in [1.54, 1.807) is 0 Å². The van der Waals surface area contributed by atoms with E-state index < -0.39 is 11.4 Å². The number of Topliss-reactive ketones (excluding diaryl/α,β-unsaturated/α-hetero) is 1. The number of primary amides is 1. The molecule has 2 rings (SSSR count). The van der Waals surface area contributed by atoms with Gasteiger partial charge >= 0.3 is 0 Å². The normalized spacial score (nSPS) is 21.2. The third kappa shape index (κ3) is 2.77. The number of nitrogens with two attached hydrogens (primary N) is 1. The summed E-state index contributed by atoms with van der Waals surface area (Å²) in [7, 11) is 0. The molecular formula is C15H16N2O3. The van der Waals surface area contributed by atoms with Crippen LogP contribution in [0, 0.1) is 0 Å². The summed E-state index contributed by atoms with van der Waals surface area (Å²) in [6.45, 7) is 0. The summed E-state index contributed by atoms with van der Waals surface area (Å²) in [6, 6.07) is 9.43. The van der Waals surface area contributed by atoms with E-state index in [1.807, 2.05) is 30.3 Å². The number of ketones is 1.